The number of carbonyl (C=O) groups excluding carboxylic acids is 1. The fraction of sp³-hybridized carbons (Fsp3) is 0.250. The second kappa shape index (κ2) is 6.48. The zero-order valence-corrected chi connectivity index (χ0v) is 14.1. The fourth-order valence-corrected chi connectivity index (χ4v) is 2.95. The van der Waals surface area contributed by atoms with E-state index in [1.165, 1.54) is 6.07 Å². The molecular weight excluding hydrogens is 303 g/mol. The topological polar surface area (TPSA) is 32.3 Å². The number of amides is 1. The van der Waals surface area contributed by atoms with Crippen LogP contribution in [0.1, 0.15) is 25.0 Å². The van der Waals surface area contributed by atoms with Crippen molar-refractivity contribution in [3.8, 4) is 0 Å². The number of carbonyl (C=O) groups is 1. The maximum Gasteiger partial charge on any atom is 0.251 e. The van der Waals surface area contributed by atoms with Crippen molar-refractivity contribution in [3.05, 3.63) is 76.6 Å². The van der Waals surface area contributed by atoms with E-state index in [1.807, 2.05) is 57.2 Å². The summed E-state index contributed by atoms with van der Waals surface area (Å²) >= 11 is 0. The molecule has 24 heavy (non-hydrogen) atoms. The molecule has 0 bridgehead atoms. The van der Waals surface area contributed by atoms with Gasteiger partial charge < -0.3 is 10.2 Å². The molecule has 0 aromatic heterocycles. The summed E-state index contributed by atoms with van der Waals surface area (Å²) < 4.78 is 14.2. The van der Waals surface area contributed by atoms with E-state index in [1.54, 1.807) is 11.0 Å². The van der Waals surface area contributed by atoms with Gasteiger partial charge in [-0.25, -0.2) is 4.39 Å². The highest BCUT2D eigenvalue weighted by Crippen LogP contribution is 2.29. The molecule has 0 aliphatic carbocycles. The highest BCUT2D eigenvalue weighted by atomic mass is 19.1. The monoisotopic (exact) mass is 324 g/mol. The van der Waals surface area contributed by atoms with Crippen LogP contribution < -0.4 is 5.32 Å². The SMILES string of the molecule is CC1=C(C)C(Nc2ccc(C)cc2F)N(Cc2ccccc2)C1=O. The molecule has 0 saturated heterocycles. The molecule has 4 heteroatoms. The van der Waals surface area contributed by atoms with E-state index in [-0.39, 0.29) is 17.9 Å². The molecule has 1 heterocycles. The van der Waals surface area contributed by atoms with E-state index in [9.17, 15) is 9.18 Å². The molecule has 2 aromatic carbocycles. The summed E-state index contributed by atoms with van der Waals surface area (Å²) in [6.07, 6.45) is -0.338. The Balaban J connectivity index is 1.88. The summed E-state index contributed by atoms with van der Waals surface area (Å²) in [4.78, 5) is 14.3. The van der Waals surface area contributed by atoms with Crippen molar-refractivity contribution in [2.75, 3.05) is 5.32 Å². The quantitative estimate of drug-likeness (QED) is 0.912. The Morgan fingerprint density at radius 2 is 1.79 bits per heavy atom. The van der Waals surface area contributed by atoms with Crippen LogP contribution >= 0.6 is 0 Å². The molecule has 0 spiro atoms. The van der Waals surface area contributed by atoms with E-state index in [2.05, 4.69) is 5.32 Å². The Morgan fingerprint density at radius 3 is 2.46 bits per heavy atom. The van der Waals surface area contributed by atoms with Crippen molar-refractivity contribution in [3.63, 3.8) is 0 Å². The third-order valence-corrected chi connectivity index (χ3v) is 4.51. The second-order valence-corrected chi connectivity index (χ2v) is 6.26. The lowest BCUT2D eigenvalue weighted by Crippen LogP contribution is -2.40. The summed E-state index contributed by atoms with van der Waals surface area (Å²) in [5.74, 6) is -0.319. The average molecular weight is 324 g/mol. The number of hydrogen-bond acceptors (Lipinski definition) is 2. The van der Waals surface area contributed by atoms with Gasteiger partial charge >= 0.3 is 0 Å². The van der Waals surface area contributed by atoms with Crippen LogP contribution in [0.5, 0.6) is 0 Å². The molecule has 0 fully saturated rings. The minimum absolute atomic E-state index is 0.0126. The number of nitrogens with one attached hydrogen (secondary N) is 1. The van der Waals surface area contributed by atoms with Crippen LogP contribution in [0, 0.1) is 12.7 Å². The van der Waals surface area contributed by atoms with Crippen molar-refractivity contribution in [2.45, 2.75) is 33.5 Å². The summed E-state index contributed by atoms with van der Waals surface area (Å²) in [6, 6.07) is 14.9. The van der Waals surface area contributed by atoms with Gasteiger partial charge in [0.2, 0.25) is 0 Å². The lowest BCUT2D eigenvalue weighted by Gasteiger charge is -2.28. The summed E-state index contributed by atoms with van der Waals surface area (Å²) in [5.41, 5.74) is 3.96. The first-order valence-corrected chi connectivity index (χ1v) is 8.02. The minimum Gasteiger partial charge on any atom is -0.359 e. The number of hydrogen-bond donors (Lipinski definition) is 1. The van der Waals surface area contributed by atoms with Crippen LogP contribution in [0.3, 0.4) is 0 Å². The number of benzene rings is 2. The van der Waals surface area contributed by atoms with Crippen LogP contribution in [0.15, 0.2) is 59.7 Å². The average Bonchev–Trinajstić information content (AvgIpc) is 2.76. The first kappa shape index (κ1) is 16.2. The van der Waals surface area contributed by atoms with Gasteiger partial charge in [0.15, 0.2) is 0 Å². The summed E-state index contributed by atoms with van der Waals surface area (Å²) in [7, 11) is 0. The van der Waals surface area contributed by atoms with Crippen LogP contribution in [-0.2, 0) is 11.3 Å². The van der Waals surface area contributed by atoms with Gasteiger partial charge in [-0.15, -0.1) is 0 Å². The Labute approximate surface area is 141 Å². The third kappa shape index (κ3) is 3.04. The largest absolute Gasteiger partial charge is 0.359 e. The van der Waals surface area contributed by atoms with E-state index < -0.39 is 0 Å². The zero-order chi connectivity index (χ0) is 17.3. The Morgan fingerprint density at radius 1 is 1.08 bits per heavy atom. The van der Waals surface area contributed by atoms with Gasteiger partial charge in [0.25, 0.3) is 5.91 Å². The van der Waals surface area contributed by atoms with E-state index in [4.69, 9.17) is 0 Å². The molecule has 1 N–H and O–H groups in total. The molecule has 3 rings (SSSR count). The highest BCUT2D eigenvalue weighted by Gasteiger charge is 2.35. The number of rotatable bonds is 4. The first-order valence-electron chi connectivity index (χ1n) is 8.02. The van der Waals surface area contributed by atoms with Gasteiger partial charge in [-0.3, -0.25) is 4.79 Å². The van der Waals surface area contributed by atoms with Crippen LogP contribution in [-0.4, -0.2) is 17.0 Å². The molecule has 0 radical (unpaired) electrons. The maximum atomic E-state index is 14.2. The second-order valence-electron chi connectivity index (χ2n) is 6.26. The van der Waals surface area contributed by atoms with E-state index in [0.717, 1.165) is 22.3 Å². The van der Waals surface area contributed by atoms with Crippen molar-refractivity contribution >= 4 is 11.6 Å². The van der Waals surface area contributed by atoms with Crippen LogP contribution in [0.4, 0.5) is 10.1 Å². The zero-order valence-electron chi connectivity index (χ0n) is 14.1. The van der Waals surface area contributed by atoms with Crippen molar-refractivity contribution in [1.29, 1.82) is 0 Å². The first-order chi connectivity index (χ1) is 11.5. The number of halogens is 1. The maximum absolute atomic E-state index is 14.2. The molecule has 1 aliphatic rings. The highest BCUT2D eigenvalue weighted by molar-refractivity contribution is 5.97. The van der Waals surface area contributed by atoms with Crippen LogP contribution in [0.2, 0.25) is 0 Å². The third-order valence-electron chi connectivity index (χ3n) is 4.51. The molecule has 1 amide bonds. The molecule has 1 atom stereocenters. The molecule has 3 nitrogen and oxygen atoms in total. The van der Waals surface area contributed by atoms with Crippen molar-refractivity contribution in [2.24, 2.45) is 0 Å². The molecule has 1 unspecified atom stereocenters. The molecular formula is C20H21FN2O. The fourth-order valence-electron chi connectivity index (χ4n) is 2.95. The molecule has 2 aromatic rings. The summed E-state index contributed by atoms with van der Waals surface area (Å²) in [5, 5.41) is 3.19. The smallest absolute Gasteiger partial charge is 0.251 e. The van der Waals surface area contributed by atoms with Gasteiger partial charge in [0.05, 0.1) is 5.69 Å². The van der Waals surface area contributed by atoms with Gasteiger partial charge in [-0.2, -0.15) is 0 Å². The number of anilines is 1. The van der Waals surface area contributed by atoms with E-state index in [0.29, 0.717) is 12.2 Å². The van der Waals surface area contributed by atoms with E-state index >= 15 is 0 Å². The van der Waals surface area contributed by atoms with Crippen LogP contribution in [0.25, 0.3) is 0 Å². The normalized spacial score (nSPS) is 17.6. The predicted molar refractivity (Wildman–Crippen MR) is 93.9 cm³/mol. The number of aryl methyl sites for hydroxylation is 1. The molecule has 0 saturated carbocycles. The van der Waals surface area contributed by atoms with Gasteiger partial charge in [0, 0.05) is 12.1 Å². The van der Waals surface area contributed by atoms with Gasteiger partial charge in [-0.05, 0) is 49.6 Å². The lowest BCUT2D eigenvalue weighted by molar-refractivity contribution is -0.127. The standard InChI is InChI=1S/C20H21FN2O/c1-13-9-10-18(17(21)11-13)22-19-14(2)15(3)20(24)23(19)12-16-7-5-4-6-8-16/h4-11,19,22H,12H2,1-3H3. The Kier molecular flexibility index (Phi) is 4.38. The predicted octanol–water partition coefficient (Wildman–Crippen LogP) is 4.25. The number of nitrogens with zero attached hydrogens (tertiary/aromatic N) is 1. The van der Waals surface area contributed by atoms with Crippen molar-refractivity contribution in [1.82, 2.24) is 4.90 Å². The van der Waals surface area contributed by atoms with Crippen molar-refractivity contribution < 1.29 is 9.18 Å². The van der Waals surface area contributed by atoms with Gasteiger partial charge in [-0.1, -0.05) is 36.4 Å². The lowest BCUT2D eigenvalue weighted by atomic mass is 10.1. The Hall–Kier alpha value is -2.62. The Bertz CT molecular complexity index is 799. The summed E-state index contributed by atoms with van der Waals surface area (Å²) in [6.45, 7) is 6.08. The molecule has 1 aliphatic heterocycles. The minimum atomic E-state index is -0.338. The van der Waals surface area contributed by atoms with Gasteiger partial charge in [0.1, 0.15) is 12.0 Å². The molecule has 124 valence electrons.